The highest BCUT2D eigenvalue weighted by Crippen LogP contribution is 2.24. The second-order valence-corrected chi connectivity index (χ2v) is 7.92. The van der Waals surface area contributed by atoms with Gasteiger partial charge in [0, 0.05) is 18.3 Å². The van der Waals surface area contributed by atoms with Crippen LogP contribution in [0.1, 0.15) is 77.3 Å². The van der Waals surface area contributed by atoms with Crippen LogP contribution in [0.25, 0.3) is 0 Å². The molecule has 0 atom stereocenters. The number of benzene rings is 1. The van der Waals surface area contributed by atoms with E-state index in [1.807, 2.05) is 35.8 Å². The lowest BCUT2D eigenvalue weighted by atomic mass is 9.95. The maximum Gasteiger partial charge on any atom is 0.291 e. The van der Waals surface area contributed by atoms with Gasteiger partial charge in [-0.25, -0.2) is 4.98 Å². The van der Waals surface area contributed by atoms with E-state index in [1.54, 1.807) is 0 Å². The van der Waals surface area contributed by atoms with Crippen molar-refractivity contribution in [1.29, 1.82) is 0 Å². The van der Waals surface area contributed by atoms with Gasteiger partial charge in [-0.15, -0.1) is 0 Å². The molecule has 2 aromatic rings. The molecular formula is C22H28N4O2. The predicted molar refractivity (Wildman–Crippen MR) is 109 cm³/mol. The standard InChI is InChI=1S/C22H28N4O2/c1-15-9-5-6-12-17(15)24-22(28)20-25-19(18-13-7-8-14-26(18)20)21(27)23-16-10-3-2-4-11-16/h5-6,9,12,16H,2-4,7-8,10-11,13-14H2,1H3,(H,23,27)(H,24,28). The van der Waals surface area contributed by atoms with Crippen molar-refractivity contribution in [2.45, 2.75) is 70.9 Å². The lowest BCUT2D eigenvalue weighted by molar-refractivity contribution is 0.0921. The molecule has 1 aliphatic heterocycles. The summed E-state index contributed by atoms with van der Waals surface area (Å²) in [5, 5.41) is 6.11. The Balaban J connectivity index is 1.58. The summed E-state index contributed by atoms with van der Waals surface area (Å²) in [5.41, 5.74) is 3.10. The van der Waals surface area contributed by atoms with E-state index in [9.17, 15) is 9.59 Å². The van der Waals surface area contributed by atoms with Crippen molar-refractivity contribution in [3.05, 3.63) is 47.0 Å². The molecule has 2 N–H and O–H groups in total. The van der Waals surface area contributed by atoms with Gasteiger partial charge in [0.2, 0.25) is 0 Å². The Morgan fingerprint density at radius 3 is 2.61 bits per heavy atom. The van der Waals surface area contributed by atoms with Gasteiger partial charge in [-0.1, -0.05) is 37.5 Å². The van der Waals surface area contributed by atoms with Crippen LogP contribution in [0.2, 0.25) is 0 Å². The van der Waals surface area contributed by atoms with E-state index in [0.29, 0.717) is 11.5 Å². The third-order valence-electron chi connectivity index (χ3n) is 5.87. The molecule has 0 unspecified atom stereocenters. The fraction of sp³-hybridized carbons (Fsp3) is 0.500. The zero-order valence-corrected chi connectivity index (χ0v) is 16.5. The third kappa shape index (κ3) is 3.81. The molecule has 6 nitrogen and oxygen atoms in total. The Bertz CT molecular complexity index is 881. The van der Waals surface area contributed by atoms with Crippen LogP contribution in [-0.4, -0.2) is 27.4 Å². The van der Waals surface area contributed by atoms with Crippen LogP contribution in [0.3, 0.4) is 0 Å². The van der Waals surface area contributed by atoms with Crippen LogP contribution in [0.5, 0.6) is 0 Å². The topological polar surface area (TPSA) is 76.0 Å². The summed E-state index contributed by atoms with van der Waals surface area (Å²) in [5.74, 6) is -0.0478. The van der Waals surface area contributed by atoms with Gasteiger partial charge in [-0.05, 0) is 50.7 Å². The molecule has 28 heavy (non-hydrogen) atoms. The monoisotopic (exact) mass is 380 g/mol. The minimum Gasteiger partial charge on any atom is -0.348 e. The van der Waals surface area contributed by atoms with Crippen LogP contribution in [0, 0.1) is 6.92 Å². The summed E-state index contributed by atoms with van der Waals surface area (Å²) in [6, 6.07) is 7.90. The summed E-state index contributed by atoms with van der Waals surface area (Å²) in [4.78, 5) is 30.4. The van der Waals surface area contributed by atoms with Gasteiger partial charge < -0.3 is 15.2 Å². The Labute approximate surface area is 165 Å². The van der Waals surface area contributed by atoms with Gasteiger partial charge in [0.1, 0.15) is 5.69 Å². The van der Waals surface area contributed by atoms with Crippen LogP contribution in [0.4, 0.5) is 5.69 Å². The number of carbonyl (C=O) groups excluding carboxylic acids is 2. The average molecular weight is 380 g/mol. The number of amides is 2. The first-order valence-corrected chi connectivity index (χ1v) is 10.4. The predicted octanol–water partition coefficient (Wildman–Crippen LogP) is 3.84. The molecule has 1 aromatic carbocycles. The number of hydrogen-bond acceptors (Lipinski definition) is 3. The van der Waals surface area contributed by atoms with Crippen molar-refractivity contribution < 1.29 is 9.59 Å². The summed E-state index contributed by atoms with van der Waals surface area (Å²) in [6.45, 7) is 2.69. The van der Waals surface area contributed by atoms with E-state index < -0.39 is 0 Å². The fourth-order valence-corrected chi connectivity index (χ4v) is 4.29. The Kier molecular flexibility index (Phi) is 5.46. The highest BCUT2D eigenvalue weighted by atomic mass is 16.2. The minimum absolute atomic E-state index is 0.132. The summed E-state index contributed by atoms with van der Waals surface area (Å²) >= 11 is 0. The molecule has 0 radical (unpaired) electrons. The molecule has 1 fully saturated rings. The smallest absolute Gasteiger partial charge is 0.291 e. The molecule has 2 aliphatic rings. The molecule has 2 heterocycles. The first-order chi connectivity index (χ1) is 13.6. The van der Waals surface area contributed by atoms with Gasteiger partial charge in [-0.3, -0.25) is 9.59 Å². The molecule has 6 heteroatoms. The lowest BCUT2D eigenvalue weighted by Crippen LogP contribution is -2.37. The maximum absolute atomic E-state index is 12.9. The van der Waals surface area contributed by atoms with Crippen molar-refractivity contribution >= 4 is 17.5 Å². The van der Waals surface area contributed by atoms with E-state index in [1.165, 1.54) is 6.42 Å². The number of anilines is 1. The molecular weight excluding hydrogens is 352 g/mol. The molecule has 1 saturated carbocycles. The molecule has 0 spiro atoms. The van der Waals surface area contributed by atoms with Crippen molar-refractivity contribution in [1.82, 2.24) is 14.9 Å². The van der Waals surface area contributed by atoms with Crippen molar-refractivity contribution in [2.24, 2.45) is 0 Å². The number of para-hydroxylation sites is 1. The Morgan fingerprint density at radius 1 is 1.04 bits per heavy atom. The van der Waals surface area contributed by atoms with Crippen LogP contribution >= 0.6 is 0 Å². The fourth-order valence-electron chi connectivity index (χ4n) is 4.29. The second-order valence-electron chi connectivity index (χ2n) is 7.92. The Morgan fingerprint density at radius 2 is 1.82 bits per heavy atom. The van der Waals surface area contributed by atoms with Crippen LogP contribution < -0.4 is 10.6 Å². The summed E-state index contributed by atoms with van der Waals surface area (Å²) in [6.07, 6.45) is 8.44. The molecule has 4 rings (SSSR count). The van der Waals surface area contributed by atoms with Crippen LogP contribution in [0.15, 0.2) is 24.3 Å². The number of nitrogens with one attached hydrogen (secondary N) is 2. The second kappa shape index (κ2) is 8.17. The zero-order chi connectivity index (χ0) is 19.5. The average Bonchev–Trinajstić information content (AvgIpc) is 3.10. The van der Waals surface area contributed by atoms with E-state index in [4.69, 9.17) is 0 Å². The van der Waals surface area contributed by atoms with E-state index in [-0.39, 0.29) is 17.9 Å². The first kappa shape index (κ1) is 18.7. The largest absolute Gasteiger partial charge is 0.348 e. The molecule has 0 bridgehead atoms. The summed E-state index contributed by atoms with van der Waals surface area (Å²) in [7, 11) is 0. The number of hydrogen-bond donors (Lipinski definition) is 2. The highest BCUT2D eigenvalue weighted by Gasteiger charge is 2.28. The van der Waals surface area contributed by atoms with Gasteiger partial charge in [0.05, 0.1) is 5.69 Å². The first-order valence-electron chi connectivity index (χ1n) is 10.4. The number of aromatic nitrogens is 2. The molecule has 2 amide bonds. The van der Waals surface area contributed by atoms with Crippen molar-refractivity contribution in [2.75, 3.05) is 5.32 Å². The number of rotatable bonds is 4. The van der Waals surface area contributed by atoms with Crippen molar-refractivity contribution in [3.8, 4) is 0 Å². The van der Waals surface area contributed by atoms with Gasteiger partial charge >= 0.3 is 0 Å². The normalized spacial score (nSPS) is 17.0. The highest BCUT2D eigenvalue weighted by molar-refractivity contribution is 6.04. The molecule has 0 saturated heterocycles. The number of aryl methyl sites for hydroxylation is 1. The van der Waals surface area contributed by atoms with Gasteiger partial charge in [0.15, 0.2) is 5.82 Å². The van der Waals surface area contributed by atoms with Gasteiger partial charge in [-0.2, -0.15) is 0 Å². The lowest BCUT2D eigenvalue weighted by Gasteiger charge is -2.23. The molecule has 1 aliphatic carbocycles. The molecule has 1 aromatic heterocycles. The SMILES string of the molecule is Cc1ccccc1NC(=O)c1nc(C(=O)NC2CCCCC2)c2n1CCCC2. The number of carbonyl (C=O) groups is 2. The zero-order valence-electron chi connectivity index (χ0n) is 16.5. The van der Waals surface area contributed by atoms with Crippen molar-refractivity contribution in [3.63, 3.8) is 0 Å². The van der Waals surface area contributed by atoms with E-state index in [2.05, 4.69) is 15.6 Å². The van der Waals surface area contributed by atoms with E-state index in [0.717, 1.165) is 68.4 Å². The summed E-state index contributed by atoms with van der Waals surface area (Å²) < 4.78 is 1.94. The third-order valence-corrected chi connectivity index (χ3v) is 5.87. The number of fused-ring (bicyclic) bond motifs is 1. The maximum atomic E-state index is 12.9. The number of imidazole rings is 1. The van der Waals surface area contributed by atoms with Crippen LogP contribution in [-0.2, 0) is 13.0 Å². The quantitative estimate of drug-likeness (QED) is 0.846. The van der Waals surface area contributed by atoms with Gasteiger partial charge in [0.25, 0.3) is 11.8 Å². The van der Waals surface area contributed by atoms with E-state index >= 15 is 0 Å². The molecule has 148 valence electrons. The minimum atomic E-state index is -0.255. The number of nitrogens with zero attached hydrogens (tertiary/aromatic N) is 2. The Hall–Kier alpha value is -2.63.